The molecule has 2 aromatic carbocycles. The lowest BCUT2D eigenvalue weighted by Gasteiger charge is -2.31. The first-order chi connectivity index (χ1) is 11.6. The van der Waals surface area contributed by atoms with E-state index in [4.69, 9.17) is 0 Å². The van der Waals surface area contributed by atoms with E-state index in [2.05, 4.69) is 47.7 Å². The Hall–Kier alpha value is -2.13. The molecule has 1 unspecified atom stereocenters. The topological polar surface area (TPSA) is 8.17 Å². The van der Waals surface area contributed by atoms with Crippen molar-refractivity contribution in [2.24, 2.45) is 0 Å². The summed E-state index contributed by atoms with van der Waals surface area (Å²) in [6, 6.07) is 16.3. The number of hydrogen-bond donors (Lipinski definition) is 0. The third kappa shape index (κ3) is 2.53. The predicted molar refractivity (Wildman–Crippen MR) is 96.7 cm³/mol. The van der Waals surface area contributed by atoms with Gasteiger partial charge in [-0.15, -0.1) is 0 Å². The fraction of sp³-hybridized carbons (Fsp3) is 0.333. The molecule has 3 aromatic rings. The van der Waals surface area contributed by atoms with Crippen molar-refractivity contribution in [1.82, 2.24) is 9.47 Å². The summed E-state index contributed by atoms with van der Waals surface area (Å²) in [5.41, 5.74) is 4.95. The summed E-state index contributed by atoms with van der Waals surface area (Å²) >= 11 is 0. The molecule has 1 aliphatic rings. The third-order valence-corrected chi connectivity index (χ3v) is 5.41. The molecular formula is C21H23FN2. The molecule has 0 bridgehead atoms. The number of para-hydroxylation sites is 1. The molecule has 0 N–H and O–H groups in total. The van der Waals surface area contributed by atoms with Gasteiger partial charge in [-0.3, -0.25) is 4.90 Å². The van der Waals surface area contributed by atoms with Crippen LogP contribution in [0.2, 0.25) is 0 Å². The molecule has 0 fully saturated rings. The molecule has 2 nitrogen and oxygen atoms in total. The SMILES string of the molecule is CC1Cc2c(c3ccccc3n2CCc2ccccc2F)CN1C. The highest BCUT2D eigenvalue weighted by Crippen LogP contribution is 2.32. The van der Waals surface area contributed by atoms with E-state index in [-0.39, 0.29) is 5.82 Å². The number of nitrogens with zero attached hydrogens (tertiary/aromatic N) is 2. The molecule has 24 heavy (non-hydrogen) atoms. The van der Waals surface area contributed by atoms with Crippen molar-refractivity contribution in [3.05, 3.63) is 71.2 Å². The Morgan fingerprint density at radius 1 is 1.08 bits per heavy atom. The van der Waals surface area contributed by atoms with Crippen molar-refractivity contribution < 1.29 is 4.39 Å². The highest BCUT2D eigenvalue weighted by Gasteiger charge is 2.26. The number of benzene rings is 2. The van der Waals surface area contributed by atoms with Gasteiger partial charge in [-0.1, -0.05) is 36.4 Å². The Balaban J connectivity index is 1.75. The standard InChI is InChI=1S/C21H23FN2/c1-15-13-21-18(14-23(15)2)17-8-4-6-10-20(17)24(21)12-11-16-7-3-5-9-19(16)22/h3-10,15H,11-14H2,1-2H3. The Labute approximate surface area is 142 Å². The lowest BCUT2D eigenvalue weighted by molar-refractivity contribution is 0.228. The molecule has 1 atom stereocenters. The largest absolute Gasteiger partial charge is 0.344 e. The van der Waals surface area contributed by atoms with Crippen molar-refractivity contribution in [2.75, 3.05) is 7.05 Å². The second kappa shape index (κ2) is 6.06. The van der Waals surface area contributed by atoms with Crippen LogP contribution in [-0.4, -0.2) is 22.6 Å². The van der Waals surface area contributed by atoms with E-state index in [1.54, 1.807) is 12.1 Å². The van der Waals surface area contributed by atoms with Gasteiger partial charge in [0.25, 0.3) is 0 Å². The van der Waals surface area contributed by atoms with Crippen LogP contribution in [0, 0.1) is 5.82 Å². The Morgan fingerprint density at radius 3 is 2.67 bits per heavy atom. The minimum absolute atomic E-state index is 0.101. The quantitative estimate of drug-likeness (QED) is 0.694. The smallest absolute Gasteiger partial charge is 0.126 e. The zero-order chi connectivity index (χ0) is 16.7. The first-order valence-corrected chi connectivity index (χ1v) is 8.68. The van der Waals surface area contributed by atoms with E-state index >= 15 is 0 Å². The fourth-order valence-corrected chi connectivity index (χ4v) is 3.87. The predicted octanol–water partition coefficient (Wildman–Crippen LogP) is 4.40. The maximum atomic E-state index is 14.0. The molecule has 1 aliphatic heterocycles. The van der Waals surface area contributed by atoms with Crippen molar-refractivity contribution in [3.63, 3.8) is 0 Å². The molecule has 4 rings (SSSR count). The monoisotopic (exact) mass is 322 g/mol. The van der Waals surface area contributed by atoms with Gasteiger partial charge in [-0.25, -0.2) is 4.39 Å². The number of hydrogen-bond acceptors (Lipinski definition) is 1. The van der Waals surface area contributed by atoms with Crippen LogP contribution in [0.15, 0.2) is 48.5 Å². The molecular weight excluding hydrogens is 299 g/mol. The van der Waals surface area contributed by atoms with E-state index in [9.17, 15) is 4.39 Å². The molecule has 0 aliphatic carbocycles. The van der Waals surface area contributed by atoms with Crippen LogP contribution in [-0.2, 0) is 25.9 Å². The molecule has 2 heterocycles. The van der Waals surface area contributed by atoms with Crippen molar-refractivity contribution >= 4 is 10.9 Å². The van der Waals surface area contributed by atoms with Gasteiger partial charge in [0.15, 0.2) is 0 Å². The highest BCUT2D eigenvalue weighted by atomic mass is 19.1. The molecule has 3 heteroatoms. The van der Waals surface area contributed by atoms with Gasteiger partial charge in [-0.05, 0) is 43.7 Å². The number of aryl methyl sites for hydroxylation is 2. The molecule has 0 amide bonds. The van der Waals surface area contributed by atoms with Gasteiger partial charge in [0.05, 0.1) is 0 Å². The van der Waals surface area contributed by atoms with Crippen molar-refractivity contribution in [1.29, 1.82) is 0 Å². The molecule has 1 aromatic heterocycles. The fourth-order valence-electron chi connectivity index (χ4n) is 3.87. The highest BCUT2D eigenvalue weighted by molar-refractivity contribution is 5.85. The first kappa shape index (κ1) is 15.4. The number of rotatable bonds is 3. The number of likely N-dealkylation sites (N-methyl/N-ethyl adjacent to an activating group) is 1. The van der Waals surface area contributed by atoms with Crippen molar-refractivity contribution in [2.45, 2.75) is 38.9 Å². The average Bonchev–Trinajstić information content (AvgIpc) is 2.88. The number of halogens is 1. The van der Waals surface area contributed by atoms with Crippen molar-refractivity contribution in [3.8, 4) is 0 Å². The third-order valence-electron chi connectivity index (χ3n) is 5.41. The summed E-state index contributed by atoms with van der Waals surface area (Å²) in [4.78, 5) is 2.41. The lowest BCUT2D eigenvalue weighted by atomic mass is 10.00. The van der Waals surface area contributed by atoms with E-state index < -0.39 is 0 Å². The van der Waals surface area contributed by atoms with E-state index in [0.29, 0.717) is 6.04 Å². The van der Waals surface area contributed by atoms with E-state index in [0.717, 1.165) is 31.5 Å². The van der Waals surface area contributed by atoms with Crippen LogP contribution in [0.4, 0.5) is 4.39 Å². The minimum atomic E-state index is -0.101. The van der Waals surface area contributed by atoms with Gasteiger partial charge in [0.2, 0.25) is 0 Å². The minimum Gasteiger partial charge on any atom is -0.344 e. The molecule has 0 spiro atoms. The molecule has 124 valence electrons. The molecule has 0 saturated carbocycles. The second-order valence-electron chi connectivity index (χ2n) is 6.90. The van der Waals surface area contributed by atoms with Gasteiger partial charge in [0, 0.05) is 42.1 Å². The van der Waals surface area contributed by atoms with Crippen LogP contribution in [0.25, 0.3) is 10.9 Å². The first-order valence-electron chi connectivity index (χ1n) is 8.68. The van der Waals surface area contributed by atoms with Crippen LogP contribution in [0.5, 0.6) is 0 Å². The zero-order valence-corrected chi connectivity index (χ0v) is 14.3. The molecule has 0 saturated heterocycles. The average molecular weight is 322 g/mol. The van der Waals surface area contributed by atoms with E-state index in [1.165, 1.54) is 22.2 Å². The van der Waals surface area contributed by atoms with Crippen LogP contribution in [0.3, 0.4) is 0 Å². The Kier molecular flexibility index (Phi) is 3.89. The summed E-state index contributed by atoms with van der Waals surface area (Å²) in [6.45, 7) is 4.10. The van der Waals surface area contributed by atoms with Gasteiger partial charge >= 0.3 is 0 Å². The number of aromatic nitrogens is 1. The maximum Gasteiger partial charge on any atom is 0.126 e. The van der Waals surface area contributed by atoms with Gasteiger partial charge in [0.1, 0.15) is 5.82 Å². The Morgan fingerprint density at radius 2 is 1.83 bits per heavy atom. The summed E-state index contributed by atoms with van der Waals surface area (Å²) in [5, 5.41) is 1.35. The zero-order valence-electron chi connectivity index (χ0n) is 14.3. The lowest BCUT2D eigenvalue weighted by Crippen LogP contribution is -2.35. The van der Waals surface area contributed by atoms with Crippen LogP contribution in [0.1, 0.15) is 23.7 Å². The summed E-state index contributed by atoms with van der Waals surface area (Å²) in [5.74, 6) is -0.101. The second-order valence-corrected chi connectivity index (χ2v) is 6.90. The van der Waals surface area contributed by atoms with Crippen LogP contribution >= 0.6 is 0 Å². The summed E-state index contributed by atoms with van der Waals surface area (Å²) < 4.78 is 16.4. The number of fused-ring (bicyclic) bond motifs is 3. The molecule has 0 radical (unpaired) electrons. The summed E-state index contributed by atoms with van der Waals surface area (Å²) in [6.07, 6.45) is 1.78. The maximum absolute atomic E-state index is 14.0. The van der Waals surface area contributed by atoms with Gasteiger partial charge < -0.3 is 4.57 Å². The Bertz CT molecular complexity index is 881. The van der Waals surface area contributed by atoms with E-state index in [1.807, 2.05) is 12.1 Å². The van der Waals surface area contributed by atoms with Gasteiger partial charge in [-0.2, -0.15) is 0 Å². The van der Waals surface area contributed by atoms with Crippen LogP contribution < -0.4 is 0 Å². The summed E-state index contributed by atoms with van der Waals surface area (Å²) in [7, 11) is 2.19. The normalized spacial score (nSPS) is 18.0.